The number of nitrogens with zero attached hydrogens (tertiary/aromatic N) is 4. The summed E-state index contributed by atoms with van der Waals surface area (Å²) in [6, 6.07) is 21.9. The van der Waals surface area contributed by atoms with Gasteiger partial charge in [0.15, 0.2) is 0 Å². The van der Waals surface area contributed by atoms with Gasteiger partial charge in [-0.25, -0.2) is 0 Å². The van der Waals surface area contributed by atoms with Gasteiger partial charge in [-0.15, -0.1) is 0 Å². The molecule has 42 heavy (non-hydrogen) atoms. The number of aromatic nitrogens is 4. The third-order valence-electron chi connectivity index (χ3n) is 8.52. The molecule has 0 atom stereocenters. The quantitative estimate of drug-likeness (QED) is 0.125. The van der Waals surface area contributed by atoms with Crippen molar-refractivity contribution in [3.8, 4) is 0 Å². The van der Waals surface area contributed by atoms with Crippen LogP contribution in [0.15, 0.2) is 73.1 Å². The van der Waals surface area contributed by atoms with Crippen LogP contribution in [0.3, 0.4) is 0 Å². The molecule has 0 aliphatic carbocycles. The van der Waals surface area contributed by atoms with Crippen LogP contribution in [-0.4, -0.2) is 32.2 Å². The van der Waals surface area contributed by atoms with E-state index in [-0.39, 0.29) is 0 Å². The van der Waals surface area contributed by atoms with E-state index in [0.29, 0.717) is 0 Å². The summed E-state index contributed by atoms with van der Waals surface area (Å²) >= 11 is 0. The van der Waals surface area contributed by atoms with Gasteiger partial charge in [0.1, 0.15) is 0 Å². The Labute approximate surface area is 249 Å². The van der Waals surface area contributed by atoms with Crippen LogP contribution in [0.2, 0.25) is 0 Å². The number of para-hydroxylation sites is 2. The minimum absolute atomic E-state index is 0.793. The molecule has 4 aromatic heterocycles. The Hall–Kier alpha value is -3.74. The van der Waals surface area contributed by atoms with Crippen molar-refractivity contribution < 1.29 is 0 Å². The normalized spacial score (nSPS) is 12.0. The lowest BCUT2D eigenvalue weighted by molar-refractivity contribution is 0.575. The molecule has 0 saturated carbocycles. The monoisotopic (exact) mass is 560 g/mol. The second-order valence-electron chi connectivity index (χ2n) is 11.4. The fourth-order valence-corrected chi connectivity index (χ4v) is 6.42. The topological polar surface area (TPSA) is 59.7 Å². The molecule has 0 aliphatic rings. The van der Waals surface area contributed by atoms with E-state index >= 15 is 0 Å². The van der Waals surface area contributed by atoms with Crippen LogP contribution in [0.5, 0.6) is 0 Å². The maximum absolute atomic E-state index is 4.81. The van der Waals surface area contributed by atoms with Gasteiger partial charge in [0.05, 0.1) is 22.4 Å². The third-order valence-corrected chi connectivity index (χ3v) is 8.52. The Kier molecular flexibility index (Phi) is 9.12. The number of unbranched alkanes of at least 4 members (excludes halogenated alkanes) is 3. The summed E-state index contributed by atoms with van der Waals surface area (Å²) in [7, 11) is 0. The van der Waals surface area contributed by atoms with Crippen LogP contribution in [0.25, 0.3) is 43.6 Å². The van der Waals surface area contributed by atoms with Gasteiger partial charge in [-0.2, -0.15) is 0 Å². The first kappa shape index (κ1) is 28.4. The predicted octanol–water partition coefficient (Wildman–Crippen LogP) is 7.95. The molecule has 218 valence electrons. The molecule has 2 N–H and O–H groups in total. The summed E-state index contributed by atoms with van der Waals surface area (Å²) in [5.41, 5.74) is 7.51. The summed E-state index contributed by atoms with van der Waals surface area (Å²) in [6.45, 7) is 10.1. The number of nitrogens with one attached hydrogen (secondary N) is 2. The second kappa shape index (κ2) is 13.5. The van der Waals surface area contributed by atoms with E-state index in [2.05, 4.69) is 94.3 Å². The Morgan fingerprint density at radius 3 is 1.45 bits per heavy atom. The number of hydrogen-bond acceptors (Lipinski definition) is 4. The zero-order chi connectivity index (χ0) is 28.7. The van der Waals surface area contributed by atoms with Crippen molar-refractivity contribution in [2.45, 2.75) is 78.6 Å². The molecule has 6 aromatic rings. The van der Waals surface area contributed by atoms with Crippen LogP contribution in [0.4, 0.5) is 0 Å². The predicted molar refractivity (Wildman–Crippen MR) is 177 cm³/mol. The van der Waals surface area contributed by atoms with Crippen LogP contribution in [0.1, 0.15) is 63.8 Å². The first-order chi connectivity index (χ1) is 20.8. The summed E-state index contributed by atoms with van der Waals surface area (Å²) in [4.78, 5) is 9.63. The molecule has 0 bridgehead atoms. The highest BCUT2D eigenvalue weighted by atomic mass is 15.0. The molecule has 0 saturated heterocycles. The van der Waals surface area contributed by atoms with Gasteiger partial charge in [0.25, 0.3) is 0 Å². The molecule has 0 spiro atoms. The summed E-state index contributed by atoms with van der Waals surface area (Å²) in [6.07, 6.45) is 10.9. The highest BCUT2D eigenvalue weighted by molar-refractivity contribution is 6.09. The molecular formula is C36H44N6. The van der Waals surface area contributed by atoms with Gasteiger partial charge in [0.2, 0.25) is 0 Å². The lowest BCUT2D eigenvalue weighted by Gasteiger charge is -2.11. The van der Waals surface area contributed by atoms with Gasteiger partial charge in [0, 0.05) is 71.2 Å². The fourth-order valence-electron chi connectivity index (χ4n) is 6.42. The van der Waals surface area contributed by atoms with Crippen LogP contribution < -0.4 is 10.6 Å². The molecule has 0 radical (unpaired) electrons. The molecule has 6 heteroatoms. The van der Waals surface area contributed by atoms with Crippen molar-refractivity contribution in [1.82, 2.24) is 29.7 Å². The Bertz CT molecular complexity index is 1650. The van der Waals surface area contributed by atoms with Gasteiger partial charge in [-0.1, -0.05) is 63.1 Å². The minimum Gasteiger partial charge on any atom is -0.339 e. The van der Waals surface area contributed by atoms with Crippen molar-refractivity contribution in [2.75, 3.05) is 13.1 Å². The standard InChI is InChI=1S/C36H44N6/c1-3-5-23-41-33-15-9-7-13-27(33)29-17-21-39-31(35(29)41)25-37-19-11-12-20-38-26-32-36-30(18-22-40-32)28-14-8-10-16-34(28)42(36)24-6-4-2/h7-10,13-18,21-22,37-38H,3-6,11-12,19-20,23-26H2,1-2H3. The van der Waals surface area contributed by atoms with Crippen molar-refractivity contribution in [1.29, 1.82) is 0 Å². The largest absolute Gasteiger partial charge is 0.339 e. The van der Waals surface area contributed by atoms with Crippen molar-refractivity contribution in [2.24, 2.45) is 0 Å². The number of benzene rings is 2. The average molecular weight is 561 g/mol. The van der Waals surface area contributed by atoms with Crippen LogP contribution >= 0.6 is 0 Å². The summed E-state index contributed by atoms with van der Waals surface area (Å²) in [5.74, 6) is 0. The van der Waals surface area contributed by atoms with Crippen molar-refractivity contribution in [3.63, 3.8) is 0 Å². The molecule has 2 aromatic carbocycles. The highest BCUT2D eigenvalue weighted by Crippen LogP contribution is 2.32. The number of hydrogen-bond donors (Lipinski definition) is 2. The van der Waals surface area contributed by atoms with E-state index in [1.54, 1.807) is 0 Å². The Morgan fingerprint density at radius 1 is 0.548 bits per heavy atom. The van der Waals surface area contributed by atoms with E-state index < -0.39 is 0 Å². The third kappa shape index (κ3) is 5.66. The van der Waals surface area contributed by atoms with Gasteiger partial charge in [-0.3, -0.25) is 9.97 Å². The van der Waals surface area contributed by atoms with E-state index in [1.165, 1.54) is 69.3 Å². The van der Waals surface area contributed by atoms with E-state index in [9.17, 15) is 0 Å². The average Bonchev–Trinajstić information content (AvgIpc) is 3.53. The second-order valence-corrected chi connectivity index (χ2v) is 11.4. The maximum atomic E-state index is 4.81. The number of fused-ring (bicyclic) bond motifs is 6. The molecule has 6 nitrogen and oxygen atoms in total. The molecule has 0 unspecified atom stereocenters. The van der Waals surface area contributed by atoms with Gasteiger partial charge < -0.3 is 19.8 Å². The van der Waals surface area contributed by atoms with Crippen molar-refractivity contribution in [3.05, 3.63) is 84.4 Å². The number of pyridine rings is 2. The molecular weight excluding hydrogens is 516 g/mol. The number of rotatable bonds is 15. The van der Waals surface area contributed by atoms with Crippen LogP contribution in [-0.2, 0) is 26.2 Å². The number of aryl methyl sites for hydroxylation is 2. The van der Waals surface area contributed by atoms with E-state index in [4.69, 9.17) is 9.97 Å². The SMILES string of the molecule is CCCCn1c2ccccc2c2ccnc(CNCCCCNCc3nccc4c5ccccc5n(CCCC)c34)c21. The molecule has 0 aliphatic heterocycles. The molecule has 4 heterocycles. The molecule has 6 rings (SSSR count). The zero-order valence-electron chi connectivity index (χ0n) is 25.2. The first-order valence-electron chi connectivity index (χ1n) is 15.9. The maximum Gasteiger partial charge on any atom is 0.0784 e. The minimum atomic E-state index is 0.793. The first-order valence-corrected chi connectivity index (χ1v) is 15.9. The lowest BCUT2D eigenvalue weighted by atomic mass is 10.1. The smallest absolute Gasteiger partial charge is 0.0784 e. The van der Waals surface area contributed by atoms with Gasteiger partial charge in [-0.05, 0) is 63.0 Å². The Morgan fingerprint density at radius 2 is 1.00 bits per heavy atom. The summed E-state index contributed by atoms with van der Waals surface area (Å²) < 4.78 is 4.97. The van der Waals surface area contributed by atoms with Gasteiger partial charge >= 0.3 is 0 Å². The van der Waals surface area contributed by atoms with Crippen LogP contribution in [0, 0.1) is 0 Å². The zero-order valence-corrected chi connectivity index (χ0v) is 25.2. The van der Waals surface area contributed by atoms with Crippen molar-refractivity contribution >= 4 is 43.6 Å². The summed E-state index contributed by atoms with van der Waals surface area (Å²) in [5, 5.41) is 12.6. The Balaban J connectivity index is 1.05. The molecule has 0 fully saturated rings. The lowest BCUT2D eigenvalue weighted by Crippen LogP contribution is -2.20. The van der Waals surface area contributed by atoms with E-state index in [0.717, 1.165) is 63.5 Å². The molecule has 0 amide bonds. The fraction of sp³-hybridized carbons (Fsp3) is 0.389. The van der Waals surface area contributed by atoms with E-state index in [1.807, 2.05) is 12.4 Å². The highest BCUT2D eigenvalue weighted by Gasteiger charge is 2.15.